The molecule has 1 N–H and O–H groups in total. The molecular formula is C47H51ClF2N6O4. The summed E-state index contributed by atoms with van der Waals surface area (Å²) in [5.74, 6) is -2.34. The van der Waals surface area contributed by atoms with Gasteiger partial charge in [0.15, 0.2) is 0 Å². The van der Waals surface area contributed by atoms with Crippen LogP contribution >= 0.6 is 11.6 Å². The molecule has 3 amide bonds. The predicted octanol–water partition coefficient (Wildman–Crippen LogP) is 7.49. The van der Waals surface area contributed by atoms with Crippen LogP contribution in [0, 0.1) is 17.6 Å². The third-order valence-corrected chi connectivity index (χ3v) is 15.2. The van der Waals surface area contributed by atoms with Gasteiger partial charge in [0.25, 0.3) is 5.56 Å². The highest BCUT2D eigenvalue weighted by molar-refractivity contribution is 6.35. The van der Waals surface area contributed by atoms with Gasteiger partial charge in [-0.25, -0.2) is 8.78 Å². The average Bonchev–Trinajstić information content (AvgIpc) is 3.51. The second-order valence-electron chi connectivity index (χ2n) is 18.1. The minimum absolute atomic E-state index is 0.0441. The van der Waals surface area contributed by atoms with Gasteiger partial charge in [-0.2, -0.15) is 4.98 Å². The molecule has 60 heavy (non-hydrogen) atoms. The van der Waals surface area contributed by atoms with Gasteiger partial charge in [-0.1, -0.05) is 49.1 Å². The molecule has 10 rings (SSSR count). The Labute approximate surface area is 353 Å². The number of hydrogen-bond acceptors (Lipinski definition) is 7. The van der Waals surface area contributed by atoms with Gasteiger partial charge < -0.3 is 14.7 Å². The standard InChI is InChI=1S/C47H51ClF2N6O4/c48-35-5-4-6-38-42(35)44(59)52-46-47(17-2-1-3-18-47)34-9-7-30(25-39(34)56(38)46)28-11-19-53(20-12-28)31-15-23-55(24-16-31)45(60)29-13-21-54(22-14-29)32-26-36(49)41(37(50)27-32)33-8-10-40(57)51-43(33)58/h4-7,9,25-29,31,33H,1-3,8,10-24H2,(H,51,57,58). The first-order valence-electron chi connectivity index (χ1n) is 22.1. The molecule has 3 aromatic carbocycles. The van der Waals surface area contributed by atoms with Crippen molar-refractivity contribution in [1.29, 1.82) is 0 Å². The van der Waals surface area contributed by atoms with Crippen molar-refractivity contribution in [3.05, 3.63) is 98.1 Å². The van der Waals surface area contributed by atoms with Gasteiger partial charge in [-0.15, -0.1) is 0 Å². The first-order chi connectivity index (χ1) is 29.1. The smallest absolute Gasteiger partial charge is 0.282 e. The third kappa shape index (κ3) is 6.73. The molecule has 6 aliphatic rings. The zero-order chi connectivity index (χ0) is 41.3. The van der Waals surface area contributed by atoms with Crippen molar-refractivity contribution in [1.82, 2.24) is 24.7 Å². The monoisotopic (exact) mass is 836 g/mol. The number of halogens is 3. The number of likely N-dealkylation sites (tertiary alicyclic amines) is 2. The van der Waals surface area contributed by atoms with Gasteiger partial charge in [0.05, 0.1) is 32.9 Å². The Kier molecular flexibility index (Phi) is 10.3. The van der Waals surface area contributed by atoms with Crippen LogP contribution in [0.4, 0.5) is 14.5 Å². The minimum Gasteiger partial charge on any atom is -0.371 e. The van der Waals surface area contributed by atoms with Crippen LogP contribution in [-0.2, 0) is 19.8 Å². The number of fused-ring (bicyclic) bond motifs is 7. The van der Waals surface area contributed by atoms with Crippen LogP contribution in [0.5, 0.6) is 0 Å². The van der Waals surface area contributed by atoms with Crippen LogP contribution < -0.4 is 15.8 Å². The summed E-state index contributed by atoms with van der Waals surface area (Å²) in [6, 6.07) is 15.7. The highest BCUT2D eigenvalue weighted by atomic mass is 35.5. The van der Waals surface area contributed by atoms with E-state index >= 15 is 8.78 Å². The number of imide groups is 1. The summed E-state index contributed by atoms with van der Waals surface area (Å²) in [6.45, 7) is 4.53. The van der Waals surface area contributed by atoms with Crippen molar-refractivity contribution in [2.24, 2.45) is 5.92 Å². The van der Waals surface area contributed by atoms with Gasteiger partial charge in [0.2, 0.25) is 17.7 Å². The molecule has 314 valence electrons. The highest BCUT2D eigenvalue weighted by Gasteiger charge is 2.47. The number of hydrogen-bond donors (Lipinski definition) is 1. The lowest BCUT2D eigenvalue weighted by Crippen LogP contribution is -2.50. The van der Waals surface area contributed by atoms with E-state index in [1.807, 2.05) is 21.9 Å². The normalized spacial score (nSPS) is 22.9. The molecule has 4 aromatic rings. The zero-order valence-electron chi connectivity index (χ0n) is 33.9. The van der Waals surface area contributed by atoms with E-state index in [2.05, 4.69) is 33.0 Å². The fraction of sp³-hybridized carbons (Fsp3) is 0.511. The number of carbonyl (C=O) groups excluding carboxylic acids is 3. The summed E-state index contributed by atoms with van der Waals surface area (Å²) in [7, 11) is 0. The Balaban J connectivity index is 0.748. The van der Waals surface area contributed by atoms with Crippen LogP contribution in [0.3, 0.4) is 0 Å². The number of anilines is 1. The fourth-order valence-corrected chi connectivity index (χ4v) is 12.0. The van der Waals surface area contributed by atoms with E-state index < -0.39 is 29.4 Å². The molecule has 13 heteroatoms. The van der Waals surface area contributed by atoms with E-state index in [-0.39, 0.29) is 41.2 Å². The zero-order valence-corrected chi connectivity index (χ0v) is 34.6. The lowest BCUT2D eigenvalue weighted by atomic mass is 9.69. The Hall–Kier alpha value is -4.68. The van der Waals surface area contributed by atoms with Crippen molar-refractivity contribution in [3.63, 3.8) is 0 Å². The maximum absolute atomic E-state index is 15.2. The van der Waals surface area contributed by atoms with Crippen LogP contribution in [0.15, 0.2) is 53.3 Å². The van der Waals surface area contributed by atoms with Crippen LogP contribution in [0.1, 0.15) is 118 Å². The van der Waals surface area contributed by atoms with Gasteiger partial charge in [0.1, 0.15) is 17.5 Å². The fourth-order valence-electron chi connectivity index (χ4n) is 11.7. The number of nitrogens with one attached hydrogen (secondary N) is 1. The van der Waals surface area contributed by atoms with E-state index in [0.717, 1.165) is 94.6 Å². The number of aromatic nitrogens is 2. The number of piperidine rings is 4. The molecule has 1 saturated carbocycles. The van der Waals surface area contributed by atoms with E-state index in [1.165, 1.54) is 29.7 Å². The molecule has 1 unspecified atom stereocenters. The predicted molar refractivity (Wildman–Crippen MR) is 226 cm³/mol. The first-order valence-corrected chi connectivity index (χ1v) is 22.4. The molecule has 1 aromatic heterocycles. The summed E-state index contributed by atoms with van der Waals surface area (Å²) in [6.07, 6.45) is 10.8. The topological polar surface area (TPSA) is 108 Å². The summed E-state index contributed by atoms with van der Waals surface area (Å²) in [4.78, 5) is 62.3. The van der Waals surface area contributed by atoms with Crippen LogP contribution in [-0.4, -0.2) is 82.4 Å². The minimum atomic E-state index is -1.03. The van der Waals surface area contributed by atoms with E-state index in [4.69, 9.17) is 16.6 Å². The molecule has 5 aliphatic heterocycles. The van der Waals surface area contributed by atoms with Crippen molar-refractivity contribution >= 4 is 45.9 Å². The lowest BCUT2D eigenvalue weighted by Gasteiger charge is -2.43. The number of benzene rings is 3. The maximum atomic E-state index is 15.2. The highest BCUT2D eigenvalue weighted by Crippen LogP contribution is 2.52. The van der Waals surface area contributed by atoms with E-state index in [9.17, 15) is 19.2 Å². The summed E-state index contributed by atoms with van der Waals surface area (Å²) in [5, 5.41) is 3.11. The van der Waals surface area contributed by atoms with E-state index in [0.29, 0.717) is 54.0 Å². The van der Waals surface area contributed by atoms with Crippen LogP contribution in [0.2, 0.25) is 5.02 Å². The Morgan fingerprint density at radius 1 is 0.817 bits per heavy atom. The molecule has 1 aliphatic carbocycles. The summed E-state index contributed by atoms with van der Waals surface area (Å²) < 4.78 is 32.7. The molecular weight excluding hydrogens is 786 g/mol. The molecule has 1 atom stereocenters. The molecule has 1 spiro atoms. The van der Waals surface area contributed by atoms with Gasteiger partial charge in [0, 0.05) is 55.8 Å². The first kappa shape index (κ1) is 39.5. The summed E-state index contributed by atoms with van der Waals surface area (Å²) >= 11 is 6.60. The molecule has 6 heterocycles. The lowest BCUT2D eigenvalue weighted by molar-refractivity contribution is -0.138. The molecule has 10 nitrogen and oxygen atoms in total. The largest absolute Gasteiger partial charge is 0.371 e. The number of amides is 3. The molecule has 4 saturated heterocycles. The summed E-state index contributed by atoms with van der Waals surface area (Å²) in [5.41, 5.74) is 4.25. The second-order valence-corrected chi connectivity index (χ2v) is 18.5. The number of rotatable bonds is 5. The van der Waals surface area contributed by atoms with E-state index in [1.54, 1.807) is 6.07 Å². The average molecular weight is 837 g/mol. The Bertz CT molecular complexity index is 2420. The maximum Gasteiger partial charge on any atom is 0.282 e. The van der Waals surface area contributed by atoms with Crippen molar-refractivity contribution in [2.75, 3.05) is 44.2 Å². The molecule has 5 fully saturated rings. The van der Waals surface area contributed by atoms with Gasteiger partial charge >= 0.3 is 0 Å². The Morgan fingerprint density at radius 2 is 1.53 bits per heavy atom. The quantitative estimate of drug-likeness (QED) is 0.208. The molecule has 0 radical (unpaired) electrons. The number of carbonyl (C=O) groups is 3. The van der Waals surface area contributed by atoms with Gasteiger partial charge in [-0.05, 0) is 118 Å². The Morgan fingerprint density at radius 3 is 2.23 bits per heavy atom. The van der Waals surface area contributed by atoms with Crippen LogP contribution in [0.25, 0.3) is 16.6 Å². The molecule has 0 bridgehead atoms. The third-order valence-electron chi connectivity index (χ3n) is 14.9. The SMILES string of the molecule is O=C1CCC(c2c(F)cc(N3CCC(C(=O)N4CCC(N5CCC(c6ccc7c(c6)-n6c(nc(=O)c8c(Cl)cccc86)C76CCCCC6)CC5)CC4)CC3)cc2F)C(=O)N1. The second kappa shape index (κ2) is 15.7. The van der Waals surface area contributed by atoms with Crippen molar-refractivity contribution in [3.8, 4) is 5.69 Å². The number of nitrogens with zero attached hydrogens (tertiary/aromatic N) is 5. The van der Waals surface area contributed by atoms with Crippen molar-refractivity contribution in [2.45, 2.75) is 107 Å². The van der Waals surface area contributed by atoms with Crippen molar-refractivity contribution < 1.29 is 23.2 Å². The van der Waals surface area contributed by atoms with Gasteiger partial charge in [-0.3, -0.25) is 29.1 Å².